The molecule has 0 spiro atoms. The lowest BCUT2D eigenvalue weighted by atomic mass is 9.93. The van der Waals surface area contributed by atoms with Crippen molar-refractivity contribution in [2.75, 3.05) is 30.5 Å². The van der Waals surface area contributed by atoms with Crippen molar-refractivity contribution in [2.45, 2.75) is 26.3 Å². The zero-order valence-electron chi connectivity index (χ0n) is 10.7. The predicted molar refractivity (Wildman–Crippen MR) is 70.4 cm³/mol. The molecule has 0 aromatic rings. The minimum atomic E-state index is -3.05. The lowest BCUT2D eigenvalue weighted by molar-refractivity contribution is -0.141. The summed E-state index contributed by atoms with van der Waals surface area (Å²) in [5.74, 6) is 0.0482. The molecule has 1 amide bonds. The second kappa shape index (κ2) is 5.75. The molecule has 1 rings (SSSR count). The monoisotopic (exact) mass is 297 g/mol. The number of alkyl halides is 1. The predicted octanol–water partition coefficient (Wildman–Crippen LogP) is 0.259. The van der Waals surface area contributed by atoms with Gasteiger partial charge in [0, 0.05) is 18.5 Å². The van der Waals surface area contributed by atoms with Crippen molar-refractivity contribution in [1.29, 1.82) is 0 Å². The molecular formula is C11H20ClNO4S. The highest BCUT2D eigenvalue weighted by Crippen LogP contribution is 2.25. The first-order valence-corrected chi connectivity index (χ1v) is 8.27. The van der Waals surface area contributed by atoms with Gasteiger partial charge in [0.05, 0.1) is 23.5 Å². The molecular weight excluding hydrogens is 278 g/mol. The molecule has 0 bridgehead atoms. The van der Waals surface area contributed by atoms with Crippen LogP contribution in [-0.2, 0) is 14.6 Å². The topological polar surface area (TPSA) is 74.7 Å². The number of rotatable bonds is 5. The number of carbonyl (C=O) groups is 1. The van der Waals surface area contributed by atoms with Gasteiger partial charge < -0.3 is 10.0 Å². The third-order valence-corrected chi connectivity index (χ3v) is 5.58. The highest BCUT2D eigenvalue weighted by molar-refractivity contribution is 7.91. The summed E-state index contributed by atoms with van der Waals surface area (Å²) in [4.78, 5) is 13.8. The molecule has 1 saturated heterocycles. The normalized spacial score (nSPS) is 23.0. The fourth-order valence-electron chi connectivity index (χ4n) is 2.02. The highest BCUT2D eigenvalue weighted by Gasteiger charge is 2.39. The third-order valence-electron chi connectivity index (χ3n) is 3.16. The first-order chi connectivity index (χ1) is 8.23. The molecule has 0 aliphatic carbocycles. The molecule has 1 aliphatic rings. The van der Waals surface area contributed by atoms with Crippen molar-refractivity contribution in [3.05, 3.63) is 0 Å². The van der Waals surface area contributed by atoms with Gasteiger partial charge in [-0.25, -0.2) is 8.42 Å². The van der Waals surface area contributed by atoms with E-state index in [4.69, 9.17) is 16.7 Å². The molecule has 1 unspecified atom stereocenters. The highest BCUT2D eigenvalue weighted by atomic mass is 35.5. The van der Waals surface area contributed by atoms with Crippen LogP contribution in [-0.4, -0.2) is 60.9 Å². The molecule has 106 valence electrons. The molecule has 7 heteroatoms. The van der Waals surface area contributed by atoms with Crippen molar-refractivity contribution in [1.82, 2.24) is 4.90 Å². The number of hydrogen-bond donors (Lipinski definition) is 1. The maximum Gasteiger partial charge on any atom is 0.229 e. The van der Waals surface area contributed by atoms with Crippen LogP contribution in [0.15, 0.2) is 0 Å². The van der Waals surface area contributed by atoms with E-state index in [0.717, 1.165) is 0 Å². The van der Waals surface area contributed by atoms with Crippen LogP contribution < -0.4 is 0 Å². The van der Waals surface area contributed by atoms with Gasteiger partial charge in [0.15, 0.2) is 9.84 Å². The van der Waals surface area contributed by atoms with E-state index in [1.54, 1.807) is 13.8 Å². The van der Waals surface area contributed by atoms with Crippen LogP contribution in [0.4, 0.5) is 0 Å². The van der Waals surface area contributed by atoms with Crippen LogP contribution in [0.2, 0.25) is 0 Å². The summed E-state index contributed by atoms with van der Waals surface area (Å²) in [6, 6.07) is -0.336. The summed E-state index contributed by atoms with van der Waals surface area (Å²) in [6.07, 6.45) is 0.437. The van der Waals surface area contributed by atoms with Gasteiger partial charge in [0.25, 0.3) is 0 Å². The van der Waals surface area contributed by atoms with Gasteiger partial charge in [-0.05, 0) is 20.3 Å². The SMILES string of the molecule is CC(C)(CCl)C(=O)N(CCO)C1CCS(=O)(=O)C1. The summed E-state index contributed by atoms with van der Waals surface area (Å²) in [7, 11) is -3.05. The van der Waals surface area contributed by atoms with Crippen molar-refractivity contribution in [3.8, 4) is 0 Å². The van der Waals surface area contributed by atoms with Crippen LogP contribution in [0.5, 0.6) is 0 Å². The van der Waals surface area contributed by atoms with Gasteiger partial charge in [-0.15, -0.1) is 11.6 Å². The molecule has 1 heterocycles. The maximum atomic E-state index is 12.3. The molecule has 1 fully saturated rings. The van der Waals surface area contributed by atoms with Crippen molar-refractivity contribution in [3.63, 3.8) is 0 Å². The minimum absolute atomic E-state index is 0.0168. The number of sulfone groups is 1. The second-order valence-electron chi connectivity index (χ2n) is 5.30. The largest absolute Gasteiger partial charge is 0.395 e. The molecule has 0 aromatic heterocycles. The Labute approximate surface area is 113 Å². The van der Waals surface area contributed by atoms with E-state index in [1.165, 1.54) is 4.90 Å². The van der Waals surface area contributed by atoms with E-state index in [9.17, 15) is 13.2 Å². The number of halogens is 1. The van der Waals surface area contributed by atoms with Gasteiger partial charge in [-0.2, -0.15) is 0 Å². The average Bonchev–Trinajstić information content (AvgIpc) is 2.65. The Balaban J connectivity index is 2.87. The molecule has 0 saturated carbocycles. The van der Waals surface area contributed by atoms with E-state index in [1.807, 2.05) is 0 Å². The van der Waals surface area contributed by atoms with E-state index < -0.39 is 15.3 Å². The Morgan fingerprint density at radius 1 is 1.50 bits per heavy atom. The number of carbonyl (C=O) groups excluding carboxylic acids is 1. The Bertz CT molecular complexity index is 407. The van der Waals surface area contributed by atoms with E-state index in [2.05, 4.69) is 0 Å². The number of hydrogen-bond acceptors (Lipinski definition) is 4. The number of nitrogens with zero attached hydrogens (tertiary/aromatic N) is 1. The number of amides is 1. The fourth-order valence-corrected chi connectivity index (χ4v) is 3.87. The van der Waals surface area contributed by atoms with E-state index >= 15 is 0 Å². The Kier molecular flexibility index (Phi) is 5.03. The van der Waals surface area contributed by atoms with Crippen molar-refractivity contribution >= 4 is 27.3 Å². The fraction of sp³-hybridized carbons (Fsp3) is 0.909. The quantitative estimate of drug-likeness (QED) is 0.739. The molecule has 5 nitrogen and oxygen atoms in total. The lowest BCUT2D eigenvalue weighted by Crippen LogP contribution is -2.49. The van der Waals surface area contributed by atoms with Crippen LogP contribution in [0.3, 0.4) is 0 Å². The van der Waals surface area contributed by atoms with E-state index in [-0.39, 0.29) is 42.5 Å². The molecule has 1 aliphatic heterocycles. The molecule has 0 radical (unpaired) electrons. The lowest BCUT2D eigenvalue weighted by Gasteiger charge is -2.34. The summed E-state index contributed by atoms with van der Waals surface area (Å²) >= 11 is 5.77. The number of aliphatic hydroxyl groups excluding tert-OH is 1. The Morgan fingerprint density at radius 2 is 2.11 bits per heavy atom. The van der Waals surface area contributed by atoms with Crippen LogP contribution >= 0.6 is 11.6 Å². The number of aliphatic hydroxyl groups is 1. The third kappa shape index (κ3) is 3.59. The van der Waals surface area contributed by atoms with Crippen LogP contribution in [0.1, 0.15) is 20.3 Å². The Hall–Kier alpha value is -0.330. The molecule has 1 N–H and O–H groups in total. The zero-order chi connectivity index (χ0) is 14.0. The van der Waals surface area contributed by atoms with Gasteiger partial charge in [0.2, 0.25) is 5.91 Å². The standard InChI is InChI=1S/C11H20ClNO4S/c1-11(2,8-12)10(15)13(4-5-14)9-3-6-18(16,17)7-9/h9,14H,3-8H2,1-2H3. The first-order valence-electron chi connectivity index (χ1n) is 5.92. The molecule has 1 atom stereocenters. The van der Waals surface area contributed by atoms with E-state index in [0.29, 0.717) is 6.42 Å². The summed E-state index contributed by atoms with van der Waals surface area (Å²) in [5, 5.41) is 9.04. The molecule has 18 heavy (non-hydrogen) atoms. The molecule has 0 aromatic carbocycles. The van der Waals surface area contributed by atoms with Crippen LogP contribution in [0.25, 0.3) is 0 Å². The smallest absolute Gasteiger partial charge is 0.229 e. The van der Waals surface area contributed by atoms with Crippen molar-refractivity contribution < 1.29 is 18.3 Å². The summed E-state index contributed by atoms with van der Waals surface area (Å²) in [5.41, 5.74) is -0.747. The minimum Gasteiger partial charge on any atom is -0.395 e. The Morgan fingerprint density at radius 3 is 2.50 bits per heavy atom. The maximum absolute atomic E-state index is 12.3. The van der Waals surface area contributed by atoms with Gasteiger partial charge in [-0.1, -0.05) is 0 Å². The van der Waals surface area contributed by atoms with Gasteiger partial charge >= 0.3 is 0 Å². The van der Waals surface area contributed by atoms with Crippen LogP contribution in [0, 0.1) is 5.41 Å². The summed E-state index contributed by atoms with van der Waals surface area (Å²) in [6.45, 7) is 3.41. The zero-order valence-corrected chi connectivity index (χ0v) is 12.3. The summed E-state index contributed by atoms with van der Waals surface area (Å²) < 4.78 is 22.9. The van der Waals surface area contributed by atoms with Gasteiger partial charge in [-0.3, -0.25) is 4.79 Å². The van der Waals surface area contributed by atoms with Crippen molar-refractivity contribution in [2.24, 2.45) is 5.41 Å². The average molecular weight is 298 g/mol. The second-order valence-corrected chi connectivity index (χ2v) is 7.79. The van der Waals surface area contributed by atoms with Gasteiger partial charge in [0.1, 0.15) is 0 Å². The first kappa shape index (κ1) is 15.7.